The van der Waals surface area contributed by atoms with Crippen LogP contribution in [0.25, 0.3) is 10.9 Å². The van der Waals surface area contributed by atoms with Crippen molar-refractivity contribution in [3.63, 3.8) is 0 Å². The minimum Gasteiger partial charge on any atom is -0.487 e. The second kappa shape index (κ2) is 10.0. The number of nitrogens with zero attached hydrogens (tertiary/aromatic N) is 2. The Labute approximate surface area is 202 Å². The second-order valence-electron chi connectivity index (χ2n) is 8.48. The lowest BCUT2D eigenvalue weighted by Gasteiger charge is -2.23. The first-order valence-corrected chi connectivity index (χ1v) is 11.8. The van der Waals surface area contributed by atoms with E-state index < -0.39 is 0 Å². The fraction of sp³-hybridized carbons (Fsp3) is 0.400. The molecule has 34 heavy (non-hydrogen) atoms. The third-order valence-corrected chi connectivity index (χ3v) is 6.19. The molecule has 9 heteroatoms. The summed E-state index contributed by atoms with van der Waals surface area (Å²) in [5.74, 6) is 2.97. The number of methoxy groups -OCH3 is 1. The van der Waals surface area contributed by atoms with E-state index in [-0.39, 0.29) is 5.78 Å². The maximum absolute atomic E-state index is 12.3. The van der Waals surface area contributed by atoms with Crippen LogP contribution in [-0.2, 0) is 16.0 Å². The summed E-state index contributed by atoms with van der Waals surface area (Å²) in [6, 6.07) is 7.40. The molecule has 1 saturated carbocycles. The lowest BCUT2D eigenvalue weighted by molar-refractivity contribution is -0.118. The molecule has 0 amide bonds. The van der Waals surface area contributed by atoms with E-state index in [1.165, 1.54) is 6.33 Å². The standard InChI is InChI=1S/C25H26ClN3O5/c1-31-6-7-32-21-13-20-22(24-23(21)33-8-9-34-24)25(28-14-27-20)29-17-5-4-16(19(26)12-17)11-18(30)10-15-2-3-15/h4-5,12-15H,2-3,6-11H2,1H3,(H,27,28,29). The van der Waals surface area contributed by atoms with Crippen molar-refractivity contribution in [2.45, 2.75) is 25.7 Å². The first-order chi connectivity index (χ1) is 16.6. The number of ether oxygens (including phenoxy) is 4. The normalized spacial score (nSPS) is 14.8. The van der Waals surface area contributed by atoms with E-state index in [2.05, 4.69) is 15.3 Å². The van der Waals surface area contributed by atoms with Crippen LogP contribution in [0.5, 0.6) is 17.2 Å². The number of nitrogens with one attached hydrogen (secondary N) is 1. The number of aromatic nitrogens is 2. The zero-order valence-electron chi connectivity index (χ0n) is 18.9. The fourth-order valence-electron chi connectivity index (χ4n) is 3.98. The van der Waals surface area contributed by atoms with E-state index in [4.69, 9.17) is 30.5 Å². The Morgan fingerprint density at radius 2 is 1.97 bits per heavy atom. The number of carbonyl (C=O) groups excluding carboxylic acids is 1. The molecule has 0 spiro atoms. The molecule has 1 aliphatic carbocycles. The van der Waals surface area contributed by atoms with Gasteiger partial charge in [-0.05, 0) is 36.5 Å². The molecular weight excluding hydrogens is 458 g/mol. The molecule has 1 aliphatic heterocycles. The lowest BCUT2D eigenvalue weighted by Crippen LogP contribution is -2.17. The van der Waals surface area contributed by atoms with Crippen LogP contribution < -0.4 is 19.5 Å². The van der Waals surface area contributed by atoms with Gasteiger partial charge in [0.25, 0.3) is 0 Å². The predicted molar refractivity (Wildman–Crippen MR) is 129 cm³/mol. The Bertz CT molecular complexity index is 1210. The summed E-state index contributed by atoms with van der Waals surface area (Å²) in [4.78, 5) is 21.1. The number of halogens is 1. The second-order valence-corrected chi connectivity index (χ2v) is 8.89. The van der Waals surface area contributed by atoms with Crippen LogP contribution >= 0.6 is 11.6 Å². The molecule has 0 unspecified atom stereocenters. The maximum Gasteiger partial charge on any atom is 0.204 e. The van der Waals surface area contributed by atoms with Gasteiger partial charge >= 0.3 is 0 Å². The van der Waals surface area contributed by atoms with Gasteiger partial charge in [0, 0.05) is 36.7 Å². The number of ketones is 1. The van der Waals surface area contributed by atoms with Gasteiger partial charge in [-0.3, -0.25) is 4.79 Å². The van der Waals surface area contributed by atoms with E-state index >= 15 is 0 Å². The van der Waals surface area contributed by atoms with E-state index in [0.29, 0.717) is 84.2 Å². The number of hydrogen-bond acceptors (Lipinski definition) is 8. The average Bonchev–Trinajstić information content (AvgIpc) is 3.65. The van der Waals surface area contributed by atoms with Crippen LogP contribution in [0.4, 0.5) is 11.5 Å². The van der Waals surface area contributed by atoms with E-state index in [1.807, 2.05) is 18.2 Å². The summed E-state index contributed by atoms with van der Waals surface area (Å²) in [7, 11) is 1.62. The fourth-order valence-corrected chi connectivity index (χ4v) is 4.23. The Kier molecular flexibility index (Phi) is 6.69. The molecule has 1 fully saturated rings. The number of hydrogen-bond donors (Lipinski definition) is 1. The summed E-state index contributed by atoms with van der Waals surface area (Å²) in [6.07, 6.45) is 4.80. The van der Waals surface area contributed by atoms with Gasteiger partial charge in [-0.25, -0.2) is 9.97 Å². The minimum atomic E-state index is 0.235. The third-order valence-electron chi connectivity index (χ3n) is 5.84. The Balaban J connectivity index is 1.42. The highest BCUT2D eigenvalue weighted by Crippen LogP contribution is 2.47. The monoisotopic (exact) mass is 483 g/mol. The van der Waals surface area contributed by atoms with Crippen molar-refractivity contribution in [2.24, 2.45) is 5.92 Å². The van der Waals surface area contributed by atoms with Gasteiger partial charge in [-0.1, -0.05) is 17.7 Å². The molecule has 1 aromatic heterocycles. The van der Waals surface area contributed by atoms with Gasteiger partial charge in [0.1, 0.15) is 37.7 Å². The highest BCUT2D eigenvalue weighted by atomic mass is 35.5. The van der Waals surface area contributed by atoms with Crippen molar-refractivity contribution < 1.29 is 23.7 Å². The number of fused-ring (bicyclic) bond motifs is 3. The number of carbonyl (C=O) groups is 1. The molecule has 2 heterocycles. The smallest absolute Gasteiger partial charge is 0.204 e. The predicted octanol–water partition coefficient (Wildman–Crippen LogP) is 4.73. The summed E-state index contributed by atoms with van der Waals surface area (Å²) in [5, 5.41) is 4.55. The zero-order chi connectivity index (χ0) is 23.5. The van der Waals surface area contributed by atoms with Crippen molar-refractivity contribution >= 4 is 39.8 Å². The van der Waals surface area contributed by atoms with Crippen LogP contribution in [-0.4, -0.2) is 49.3 Å². The molecule has 2 aliphatic rings. The highest BCUT2D eigenvalue weighted by molar-refractivity contribution is 6.31. The van der Waals surface area contributed by atoms with Crippen molar-refractivity contribution in [3.05, 3.63) is 41.2 Å². The van der Waals surface area contributed by atoms with E-state index in [9.17, 15) is 4.79 Å². The van der Waals surface area contributed by atoms with Crippen LogP contribution in [0.3, 0.4) is 0 Å². The molecule has 0 atom stereocenters. The van der Waals surface area contributed by atoms with Crippen LogP contribution in [0.2, 0.25) is 5.02 Å². The minimum absolute atomic E-state index is 0.235. The summed E-state index contributed by atoms with van der Waals surface area (Å²) in [6.45, 7) is 1.66. The van der Waals surface area contributed by atoms with Crippen LogP contribution in [0.15, 0.2) is 30.6 Å². The maximum atomic E-state index is 12.3. The zero-order valence-corrected chi connectivity index (χ0v) is 19.7. The highest BCUT2D eigenvalue weighted by Gasteiger charge is 2.26. The quantitative estimate of drug-likeness (QED) is 0.413. The van der Waals surface area contributed by atoms with Gasteiger partial charge in [0.15, 0.2) is 11.5 Å². The summed E-state index contributed by atoms with van der Waals surface area (Å²) in [5.41, 5.74) is 2.23. The molecule has 0 saturated heterocycles. The Morgan fingerprint density at radius 3 is 2.74 bits per heavy atom. The SMILES string of the molecule is COCCOc1cc2ncnc(Nc3ccc(CC(=O)CC4CC4)c(Cl)c3)c2c2c1OCCO2. The topological polar surface area (TPSA) is 91.8 Å². The first-order valence-electron chi connectivity index (χ1n) is 11.4. The van der Waals surface area contributed by atoms with Gasteiger partial charge in [0.05, 0.1) is 17.5 Å². The number of anilines is 2. The molecular formula is C25H26ClN3O5. The van der Waals surface area contributed by atoms with Crippen molar-refractivity contribution in [3.8, 4) is 17.2 Å². The number of Topliss-reactive ketones (excluding diaryl/α,β-unsaturated/α-hetero) is 1. The van der Waals surface area contributed by atoms with E-state index in [0.717, 1.165) is 24.1 Å². The van der Waals surface area contributed by atoms with Gasteiger partial charge in [0.2, 0.25) is 5.75 Å². The molecule has 0 bridgehead atoms. The largest absolute Gasteiger partial charge is 0.487 e. The molecule has 8 nitrogen and oxygen atoms in total. The van der Waals surface area contributed by atoms with Crippen molar-refractivity contribution in [1.82, 2.24) is 9.97 Å². The molecule has 2 aromatic carbocycles. The molecule has 0 radical (unpaired) electrons. The van der Waals surface area contributed by atoms with Gasteiger partial charge in [-0.15, -0.1) is 0 Å². The van der Waals surface area contributed by atoms with Crippen molar-refractivity contribution in [2.75, 3.05) is 38.9 Å². The van der Waals surface area contributed by atoms with Gasteiger partial charge < -0.3 is 24.3 Å². The number of rotatable bonds is 10. The first kappa shape index (κ1) is 22.7. The summed E-state index contributed by atoms with van der Waals surface area (Å²) >= 11 is 6.51. The molecule has 5 rings (SSSR count). The van der Waals surface area contributed by atoms with E-state index in [1.54, 1.807) is 13.2 Å². The lowest BCUT2D eigenvalue weighted by atomic mass is 10.0. The van der Waals surface area contributed by atoms with Crippen molar-refractivity contribution in [1.29, 1.82) is 0 Å². The molecule has 1 N–H and O–H groups in total. The summed E-state index contributed by atoms with van der Waals surface area (Å²) < 4.78 is 22.8. The molecule has 3 aromatic rings. The van der Waals surface area contributed by atoms with Crippen LogP contribution in [0.1, 0.15) is 24.8 Å². The number of benzene rings is 2. The van der Waals surface area contributed by atoms with Gasteiger partial charge in [-0.2, -0.15) is 0 Å². The van der Waals surface area contributed by atoms with Crippen LogP contribution in [0, 0.1) is 5.92 Å². The Hall–Kier alpha value is -3.10. The third kappa shape index (κ3) is 5.03. The Morgan fingerprint density at radius 1 is 1.15 bits per heavy atom. The molecule has 178 valence electrons. The average molecular weight is 484 g/mol.